The van der Waals surface area contributed by atoms with Crippen molar-refractivity contribution in [3.63, 3.8) is 0 Å². The number of hydrogen-bond donors (Lipinski definition) is 1. The highest BCUT2D eigenvalue weighted by molar-refractivity contribution is 6.04. The third-order valence-corrected chi connectivity index (χ3v) is 6.06. The molecule has 1 amide bonds. The average Bonchev–Trinajstić information content (AvgIpc) is 2.89. The van der Waals surface area contributed by atoms with Gasteiger partial charge in [-0.05, 0) is 66.6 Å². The van der Waals surface area contributed by atoms with Crippen molar-refractivity contribution in [2.75, 3.05) is 38.5 Å². The number of amides is 1. The summed E-state index contributed by atoms with van der Waals surface area (Å²) in [5.41, 5.74) is 5.82. The van der Waals surface area contributed by atoms with Crippen LogP contribution in [0.25, 0.3) is 22.3 Å². The third-order valence-electron chi connectivity index (χ3n) is 6.06. The van der Waals surface area contributed by atoms with Crippen LogP contribution >= 0.6 is 0 Å². The van der Waals surface area contributed by atoms with E-state index in [0.717, 1.165) is 22.4 Å². The highest BCUT2D eigenvalue weighted by Crippen LogP contribution is 2.41. The van der Waals surface area contributed by atoms with Crippen molar-refractivity contribution in [1.82, 2.24) is 0 Å². The Morgan fingerprint density at radius 2 is 1.33 bits per heavy atom. The summed E-state index contributed by atoms with van der Waals surface area (Å²) >= 11 is 0. The Balaban J connectivity index is 1.66. The molecule has 4 rings (SSSR count). The van der Waals surface area contributed by atoms with Crippen molar-refractivity contribution in [3.05, 3.63) is 95.8 Å². The number of rotatable bonds is 7. The minimum atomic E-state index is -0.544. The summed E-state index contributed by atoms with van der Waals surface area (Å²) in [6, 6.07) is 23.6. The standard InChI is InChI=1S/C30H29FN2O3/c1-19-6-8-21(9-7-19)30(34)32-27-15-12-22(16-26(27)31)25-18-28(35-4)24(17-29(25)36-5)20-10-13-23(14-11-20)33(2)3/h6-18H,1-5H3,(H,32,34). The fraction of sp³-hybridized carbons (Fsp3) is 0.167. The maximum Gasteiger partial charge on any atom is 0.255 e. The van der Waals surface area contributed by atoms with Crippen LogP contribution in [0.2, 0.25) is 0 Å². The van der Waals surface area contributed by atoms with Gasteiger partial charge in [-0.1, -0.05) is 35.9 Å². The number of halogens is 1. The molecule has 0 saturated carbocycles. The maximum absolute atomic E-state index is 15.1. The van der Waals surface area contributed by atoms with Crippen molar-refractivity contribution in [2.45, 2.75) is 6.92 Å². The van der Waals surface area contributed by atoms with Gasteiger partial charge in [0.1, 0.15) is 17.3 Å². The molecule has 0 spiro atoms. The number of carbonyl (C=O) groups is 1. The minimum Gasteiger partial charge on any atom is -0.496 e. The zero-order chi connectivity index (χ0) is 25.8. The molecule has 0 aromatic heterocycles. The summed E-state index contributed by atoms with van der Waals surface area (Å²) in [6.07, 6.45) is 0. The number of hydrogen-bond acceptors (Lipinski definition) is 4. The normalized spacial score (nSPS) is 10.6. The summed E-state index contributed by atoms with van der Waals surface area (Å²) in [6.45, 7) is 1.94. The predicted molar refractivity (Wildman–Crippen MR) is 144 cm³/mol. The Labute approximate surface area is 211 Å². The Morgan fingerprint density at radius 3 is 1.86 bits per heavy atom. The second-order valence-electron chi connectivity index (χ2n) is 8.71. The lowest BCUT2D eigenvalue weighted by Crippen LogP contribution is -2.13. The van der Waals surface area contributed by atoms with Crippen molar-refractivity contribution < 1.29 is 18.7 Å². The molecule has 6 heteroatoms. The SMILES string of the molecule is COc1cc(-c2ccc(NC(=O)c3ccc(C)cc3)c(F)c2)c(OC)cc1-c1ccc(N(C)C)cc1. The van der Waals surface area contributed by atoms with Crippen LogP contribution in [0, 0.1) is 12.7 Å². The molecule has 0 aliphatic heterocycles. The van der Waals surface area contributed by atoms with Gasteiger partial charge in [0.25, 0.3) is 5.91 Å². The predicted octanol–water partition coefficient (Wildman–Crippen LogP) is 6.80. The molecule has 0 aliphatic rings. The van der Waals surface area contributed by atoms with E-state index in [4.69, 9.17) is 9.47 Å². The molecule has 0 aliphatic carbocycles. The molecular weight excluding hydrogens is 455 g/mol. The number of aryl methyl sites for hydroxylation is 1. The van der Waals surface area contributed by atoms with Crippen LogP contribution in [0.15, 0.2) is 78.9 Å². The largest absolute Gasteiger partial charge is 0.496 e. The highest BCUT2D eigenvalue weighted by Gasteiger charge is 2.17. The number of ether oxygens (including phenoxy) is 2. The second-order valence-corrected chi connectivity index (χ2v) is 8.71. The van der Waals surface area contributed by atoms with Gasteiger partial charge in [-0.2, -0.15) is 0 Å². The van der Waals surface area contributed by atoms with Gasteiger partial charge >= 0.3 is 0 Å². The van der Waals surface area contributed by atoms with Crippen LogP contribution in [0.5, 0.6) is 11.5 Å². The number of anilines is 2. The van der Waals surface area contributed by atoms with Crippen LogP contribution < -0.4 is 19.7 Å². The number of nitrogens with zero attached hydrogens (tertiary/aromatic N) is 1. The molecule has 0 saturated heterocycles. The first-order valence-corrected chi connectivity index (χ1v) is 11.5. The lowest BCUT2D eigenvalue weighted by atomic mass is 9.97. The molecule has 0 fully saturated rings. The van der Waals surface area contributed by atoms with Crippen molar-refractivity contribution in [1.29, 1.82) is 0 Å². The molecule has 184 valence electrons. The molecule has 0 bridgehead atoms. The molecule has 0 radical (unpaired) electrons. The zero-order valence-electron chi connectivity index (χ0n) is 21.1. The smallest absolute Gasteiger partial charge is 0.255 e. The van der Waals surface area contributed by atoms with Crippen LogP contribution in [-0.2, 0) is 0 Å². The Morgan fingerprint density at radius 1 is 0.778 bits per heavy atom. The van der Waals surface area contributed by atoms with E-state index >= 15 is 4.39 Å². The van der Waals surface area contributed by atoms with E-state index in [1.165, 1.54) is 6.07 Å². The van der Waals surface area contributed by atoms with Gasteiger partial charge < -0.3 is 19.7 Å². The van der Waals surface area contributed by atoms with E-state index in [9.17, 15) is 4.79 Å². The Hall–Kier alpha value is -4.32. The Kier molecular flexibility index (Phi) is 7.25. The molecule has 0 heterocycles. The molecule has 4 aromatic rings. The maximum atomic E-state index is 15.1. The van der Waals surface area contributed by atoms with E-state index in [2.05, 4.69) is 5.32 Å². The summed E-state index contributed by atoms with van der Waals surface area (Å²) < 4.78 is 26.4. The molecular formula is C30H29FN2O3. The fourth-order valence-electron chi connectivity index (χ4n) is 3.97. The van der Waals surface area contributed by atoms with Crippen LogP contribution in [-0.4, -0.2) is 34.2 Å². The van der Waals surface area contributed by atoms with E-state index in [1.54, 1.807) is 38.5 Å². The molecule has 0 atom stereocenters. The second kappa shape index (κ2) is 10.5. The van der Waals surface area contributed by atoms with Gasteiger partial charge in [0.15, 0.2) is 0 Å². The monoisotopic (exact) mass is 484 g/mol. The lowest BCUT2D eigenvalue weighted by molar-refractivity contribution is 0.102. The first-order valence-electron chi connectivity index (χ1n) is 11.5. The van der Waals surface area contributed by atoms with Crippen LogP contribution in [0.4, 0.5) is 15.8 Å². The van der Waals surface area contributed by atoms with Gasteiger partial charge in [-0.25, -0.2) is 4.39 Å². The number of carbonyl (C=O) groups excluding carboxylic acids is 1. The highest BCUT2D eigenvalue weighted by atomic mass is 19.1. The number of methoxy groups -OCH3 is 2. The topological polar surface area (TPSA) is 50.8 Å². The molecule has 1 N–H and O–H groups in total. The van der Waals surface area contributed by atoms with Gasteiger partial charge in [-0.3, -0.25) is 4.79 Å². The summed E-state index contributed by atoms with van der Waals surface area (Å²) in [5.74, 6) is 0.307. The summed E-state index contributed by atoms with van der Waals surface area (Å²) in [5, 5.41) is 2.65. The van der Waals surface area contributed by atoms with E-state index in [1.807, 2.05) is 74.4 Å². The quantitative estimate of drug-likeness (QED) is 0.313. The number of benzene rings is 4. The van der Waals surface area contributed by atoms with E-state index in [-0.39, 0.29) is 11.6 Å². The van der Waals surface area contributed by atoms with E-state index < -0.39 is 5.82 Å². The average molecular weight is 485 g/mol. The van der Waals surface area contributed by atoms with E-state index in [0.29, 0.717) is 28.2 Å². The molecule has 0 unspecified atom stereocenters. The van der Waals surface area contributed by atoms with Crippen LogP contribution in [0.3, 0.4) is 0 Å². The third kappa shape index (κ3) is 5.18. The molecule has 4 aromatic carbocycles. The van der Waals surface area contributed by atoms with Crippen molar-refractivity contribution in [3.8, 4) is 33.8 Å². The lowest BCUT2D eigenvalue weighted by Gasteiger charge is -2.17. The summed E-state index contributed by atoms with van der Waals surface area (Å²) in [4.78, 5) is 14.6. The van der Waals surface area contributed by atoms with Crippen molar-refractivity contribution in [2.24, 2.45) is 0 Å². The Bertz CT molecular complexity index is 1380. The van der Waals surface area contributed by atoms with Crippen LogP contribution in [0.1, 0.15) is 15.9 Å². The van der Waals surface area contributed by atoms with Gasteiger partial charge in [0.05, 0.1) is 19.9 Å². The number of nitrogens with one attached hydrogen (secondary N) is 1. The zero-order valence-corrected chi connectivity index (χ0v) is 21.1. The fourth-order valence-corrected chi connectivity index (χ4v) is 3.97. The minimum absolute atomic E-state index is 0.104. The molecule has 36 heavy (non-hydrogen) atoms. The van der Waals surface area contributed by atoms with Crippen molar-refractivity contribution >= 4 is 17.3 Å². The van der Waals surface area contributed by atoms with Gasteiger partial charge in [-0.15, -0.1) is 0 Å². The summed E-state index contributed by atoms with van der Waals surface area (Å²) in [7, 11) is 7.17. The van der Waals surface area contributed by atoms with Gasteiger partial charge in [0, 0.05) is 36.5 Å². The molecule has 5 nitrogen and oxygen atoms in total. The first-order chi connectivity index (χ1) is 17.3. The van der Waals surface area contributed by atoms with Gasteiger partial charge in [0.2, 0.25) is 0 Å². The first kappa shape index (κ1) is 24.8.